The number of nitrogens with two attached hydrogens (primary N) is 1. The van der Waals surface area contributed by atoms with E-state index in [2.05, 4.69) is 5.32 Å². The van der Waals surface area contributed by atoms with Gasteiger partial charge < -0.3 is 10.1 Å². The third-order valence-corrected chi connectivity index (χ3v) is 3.71. The molecule has 1 unspecified atom stereocenters. The van der Waals surface area contributed by atoms with Crippen molar-refractivity contribution in [3.63, 3.8) is 0 Å². The van der Waals surface area contributed by atoms with Crippen LogP contribution in [0.15, 0.2) is 23.1 Å². The van der Waals surface area contributed by atoms with Gasteiger partial charge in [-0.3, -0.25) is 10.1 Å². The number of esters is 1. The van der Waals surface area contributed by atoms with Crippen LogP contribution in [0.2, 0.25) is 0 Å². The first kappa shape index (κ1) is 20.5. The molecule has 0 spiro atoms. The maximum absolute atomic E-state index is 13.7. The molecule has 0 aromatic heterocycles. The molecular weight excluding hydrogens is 357 g/mol. The maximum atomic E-state index is 13.7. The van der Waals surface area contributed by atoms with Crippen molar-refractivity contribution in [2.24, 2.45) is 5.14 Å². The summed E-state index contributed by atoms with van der Waals surface area (Å²) in [7, 11) is -4.15. The van der Waals surface area contributed by atoms with Crippen molar-refractivity contribution in [3.05, 3.63) is 29.6 Å². The predicted octanol–water partition coefficient (Wildman–Crippen LogP) is 0.253. The molecule has 25 heavy (non-hydrogen) atoms. The second kappa shape index (κ2) is 8.03. The third kappa shape index (κ3) is 6.12. The molecule has 9 nitrogen and oxygen atoms in total. The van der Waals surface area contributed by atoms with Gasteiger partial charge in [-0.05, 0) is 39.0 Å². The molecule has 1 aromatic carbocycles. The van der Waals surface area contributed by atoms with Crippen molar-refractivity contribution in [2.45, 2.75) is 37.8 Å². The van der Waals surface area contributed by atoms with E-state index in [1.54, 1.807) is 13.8 Å². The predicted molar refractivity (Wildman–Crippen MR) is 84.5 cm³/mol. The normalized spacial score (nSPS) is 12.4. The summed E-state index contributed by atoms with van der Waals surface area (Å²) in [6.45, 7) is 4.51. The van der Waals surface area contributed by atoms with Crippen LogP contribution >= 0.6 is 0 Å². The average molecular weight is 375 g/mol. The Balaban J connectivity index is 2.85. The number of ether oxygens (including phenoxy) is 1. The van der Waals surface area contributed by atoms with Gasteiger partial charge in [0.05, 0.1) is 10.5 Å². The minimum atomic E-state index is -4.15. The molecule has 0 radical (unpaired) electrons. The number of sulfonamides is 1. The van der Waals surface area contributed by atoms with Crippen LogP contribution in [0.1, 0.15) is 31.1 Å². The van der Waals surface area contributed by atoms with Crippen molar-refractivity contribution in [3.8, 4) is 0 Å². The lowest BCUT2D eigenvalue weighted by Gasteiger charge is -2.14. The first-order chi connectivity index (χ1) is 11.4. The summed E-state index contributed by atoms with van der Waals surface area (Å²) in [5.74, 6) is -3.27. The topological polar surface area (TPSA) is 145 Å². The van der Waals surface area contributed by atoms with Gasteiger partial charge in [0.15, 0.2) is 6.10 Å². The van der Waals surface area contributed by atoms with Crippen LogP contribution in [-0.2, 0) is 19.6 Å². The second-order valence-electron chi connectivity index (χ2n) is 5.35. The lowest BCUT2D eigenvalue weighted by Crippen LogP contribution is -2.46. The molecule has 0 heterocycles. The monoisotopic (exact) mass is 375 g/mol. The Morgan fingerprint density at radius 3 is 2.32 bits per heavy atom. The number of urea groups is 1. The zero-order chi connectivity index (χ0) is 19.4. The van der Waals surface area contributed by atoms with Crippen LogP contribution in [0.4, 0.5) is 9.18 Å². The summed E-state index contributed by atoms with van der Waals surface area (Å²) in [6, 6.07) is 1.31. The minimum Gasteiger partial charge on any atom is -0.449 e. The number of hydrogen-bond acceptors (Lipinski definition) is 6. The molecular formula is C14H18FN3O6S. The molecule has 1 atom stereocenters. The van der Waals surface area contributed by atoms with Crippen LogP contribution in [0.3, 0.4) is 0 Å². The molecule has 0 aliphatic rings. The van der Waals surface area contributed by atoms with Crippen LogP contribution in [0.5, 0.6) is 0 Å². The number of carbonyl (C=O) groups excluding carboxylic acids is 3. The van der Waals surface area contributed by atoms with E-state index in [0.717, 1.165) is 19.1 Å². The minimum absolute atomic E-state index is 0.222. The van der Waals surface area contributed by atoms with E-state index in [1.165, 1.54) is 0 Å². The summed E-state index contributed by atoms with van der Waals surface area (Å²) in [5, 5.41) is 9.25. The fraction of sp³-hybridized carbons (Fsp3) is 0.357. The molecule has 3 amide bonds. The number of primary sulfonamides is 1. The Morgan fingerprint density at radius 2 is 1.80 bits per heavy atom. The Kier molecular flexibility index (Phi) is 6.59. The van der Waals surface area contributed by atoms with E-state index in [-0.39, 0.29) is 6.04 Å². The van der Waals surface area contributed by atoms with Crippen molar-refractivity contribution in [1.82, 2.24) is 10.6 Å². The van der Waals surface area contributed by atoms with Crippen LogP contribution < -0.4 is 15.8 Å². The van der Waals surface area contributed by atoms with Crippen LogP contribution in [0.25, 0.3) is 0 Å². The highest BCUT2D eigenvalue weighted by Crippen LogP contribution is 2.15. The molecule has 11 heteroatoms. The zero-order valence-electron chi connectivity index (χ0n) is 13.7. The third-order valence-electron chi connectivity index (χ3n) is 2.80. The number of imide groups is 1. The number of halogens is 1. The number of nitrogens with one attached hydrogen (secondary N) is 2. The van der Waals surface area contributed by atoms with Crippen LogP contribution in [0, 0.1) is 5.82 Å². The highest BCUT2D eigenvalue weighted by atomic mass is 32.2. The first-order valence-corrected chi connectivity index (χ1v) is 8.61. The molecule has 0 aliphatic heterocycles. The van der Waals surface area contributed by atoms with Gasteiger partial charge in [0, 0.05) is 6.04 Å². The standard InChI is InChI=1S/C14H18FN3O6S/c1-7(2)17-14(21)18-12(19)8(3)24-13(20)10-6-9(25(16,22)23)4-5-11(10)15/h4-8H,1-3H3,(H2,16,22,23)(H2,17,18,19,21). The molecule has 1 aromatic rings. The number of carbonyl (C=O) groups is 3. The van der Waals surface area contributed by atoms with E-state index in [4.69, 9.17) is 9.88 Å². The van der Waals surface area contributed by atoms with E-state index in [0.29, 0.717) is 6.07 Å². The van der Waals surface area contributed by atoms with Gasteiger partial charge in [0.2, 0.25) is 10.0 Å². The van der Waals surface area contributed by atoms with Gasteiger partial charge in [0.25, 0.3) is 5.91 Å². The highest BCUT2D eigenvalue weighted by Gasteiger charge is 2.24. The summed E-state index contributed by atoms with van der Waals surface area (Å²) < 4.78 is 41.0. The lowest BCUT2D eigenvalue weighted by atomic mass is 10.2. The molecule has 0 bridgehead atoms. The largest absolute Gasteiger partial charge is 0.449 e. The molecule has 0 fully saturated rings. The van der Waals surface area contributed by atoms with Gasteiger partial charge in [0.1, 0.15) is 5.82 Å². The molecule has 138 valence electrons. The highest BCUT2D eigenvalue weighted by molar-refractivity contribution is 7.89. The fourth-order valence-electron chi connectivity index (χ4n) is 1.63. The van der Waals surface area contributed by atoms with Crippen molar-refractivity contribution < 1.29 is 31.9 Å². The molecule has 0 saturated heterocycles. The van der Waals surface area contributed by atoms with Gasteiger partial charge >= 0.3 is 12.0 Å². The number of hydrogen-bond donors (Lipinski definition) is 3. The van der Waals surface area contributed by atoms with Crippen molar-refractivity contribution >= 4 is 27.9 Å². The van der Waals surface area contributed by atoms with E-state index < -0.39 is 50.3 Å². The Morgan fingerprint density at radius 1 is 1.20 bits per heavy atom. The Labute approximate surface area is 143 Å². The molecule has 0 aliphatic carbocycles. The van der Waals surface area contributed by atoms with Gasteiger partial charge in [-0.2, -0.15) is 0 Å². The average Bonchev–Trinajstić information content (AvgIpc) is 2.45. The number of amides is 3. The van der Waals surface area contributed by atoms with E-state index in [9.17, 15) is 27.2 Å². The molecule has 4 N–H and O–H groups in total. The summed E-state index contributed by atoms with van der Waals surface area (Å²) in [5.41, 5.74) is -0.710. The lowest BCUT2D eigenvalue weighted by molar-refractivity contribution is -0.127. The van der Waals surface area contributed by atoms with Crippen molar-refractivity contribution in [2.75, 3.05) is 0 Å². The van der Waals surface area contributed by atoms with E-state index in [1.807, 2.05) is 5.32 Å². The van der Waals surface area contributed by atoms with Gasteiger partial charge in [-0.25, -0.2) is 27.5 Å². The smallest absolute Gasteiger partial charge is 0.341 e. The summed E-state index contributed by atoms with van der Waals surface area (Å²) in [6.07, 6.45) is -1.43. The molecule has 1 rings (SSSR count). The SMILES string of the molecule is CC(C)NC(=O)NC(=O)C(C)OC(=O)c1cc(S(N)(=O)=O)ccc1F. The zero-order valence-corrected chi connectivity index (χ0v) is 14.5. The second-order valence-corrected chi connectivity index (χ2v) is 6.91. The van der Waals surface area contributed by atoms with Crippen molar-refractivity contribution in [1.29, 1.82) is 0 Å². The Bertz CT molecular complexity index is 794. The maximum Gasteiger partial charge on any atom is 0.341 e. The van der Waals surface area contributed by atoms with Gasteiger partial charge in [-0.15, -0.1) is 0 Å². The molecule has 0 saturated carbocycles. The Hall–Kier alpha value is -2.53. The quantitative estimate of drug-likeness (QED) is 0.629. The van der Waals surface area contributed by atoms with Crippen LogP contribution in [-0.4, -0.2) is 38.5 Å². The number of benzene rings is 1. The van der Waals surface area contributed by atoms with E-state index >= 15 is 0 Å². The fourth-order valence-corrected chi connectivity index (χ4v) is 2.17. The first-order valence-electron chi connectivity index (χ1n) is 7.06. The number of rotatable bonds is 5. The van der Waals surface area contributed by atoms with Gasteiger partial charge in [-0.1, -0.05) is 0 Å². The summed E-state index contributed by atoms with van der Waals surface area (Å²) >= 11 is 0. The summed E-state index contributed by atoms with van der Waals surface area (Å²) in [4.78, 5) is 34.6.